The molecule has 9 heteroatoms. The van der Waals surface area contributed by atoms with Crippen LogP contribution in [0.1, 0.15) is 19.8 Å². The molecule has 20 heavy (non-hydrogen) atoms. The second kappa shape index (κ2) is 6.40. The average molecular weight is 308 g/mol. The van der Waals surface area contributed by atoms with Crippen LogP contribution in [0.5, 0.6) is 0 Å². The lowest BCUT2D eigenvalue weighted by Crippen LogP contribution is -2.60. The van der Waals surface area contributed by atoms with Gasteiger partial charge < -0.3 is 20.5 Å². The highest BCUT2D eigenvalue weighted by Gasteiger charge is 2.41. The van der Waals surface area contributed by atoms with E-state index in [4.69, 9.17) is 4.74 Å². The van der Waals surface area contributed by atoms with E-state index in [1.54, 1.807) is 0 Å². The van der Waals surface area contributed by atoms with Gasteiger partial charge in [-0.1, -0.05) is 0 Å². The van der Waals surface area contributed by atoms with Crippen LogP contribution in [0.15, 0.2) is 0 Å². The Morgan fingerprint density at radius 2 is 1.90 bits per heavy atom. The van der Waals surface area contributed by atoms with E-state index in [0.717, 1.165) is 6.26 Å². The summed E-state index contributed by atoms with van der Waals surface area (Å²) in [5.41, 5.74) is -1.35. The van der Waals surface area contributed by atoms with Gasteiger partial charge in [-0.15, -0.1) is 0 Å². The maximum atomic E-state index is 11.8. The largest absolute Gasteiger partial charge is 0.480 e. The number of carboxylic acids is 1. The molecule has 1 aliphatic heterocycles. The van der Waals surface area contributed by atoms with Gasteiger partial charge in [-0.2, -0.15) is 0 Å². The standard InChI is InChI=1S/C11H20N2O6S/c1-8(7-20(2,17)18)12-10(16)13-11(9(14)15)3-5-19-6-4-11/h8H,3-7H2,1-2H3,(H,14,15)(H2,12,13,16). The van der Waals surface area contributed by atoms with Crippen molar-refractivity contribution in [3.63, 3.8) is 0 Å². The lowest BCUT2D eigenvalue weighted by atomic mass is 9.90. The molecule has 0 aromatic carbocycles. The van der Waals surface area contributed by atoms with Gasteiger partial charge in [0.25, 0.3) is 0 Å². The fourth-order valence-corrected chi connectivity index (χ4v) is 3.08. The number of amides is 2. The number of carboxylic acid groups (broad SMARTS) is 1. The monoisotopic (exact) mass is 308 g/mol. The number of ether oxygens (including phenoxy) is 1. The molecule has 1 saturated heterocycles. The number of rotatable bonds is 5. The molecule has 8 nitrogen and oxygen atoms in total. The molecule has 2 amide bonds. The van der Waals surface area contributed by atoms with E-state index in [9.17, 15) is 23.1 Å². The topological polar surface area (TPSA) is 122 Å². The van der Waals surface area contributed by atoms with E-state index in [2.05, 4.69) is 10.6 Å². The number of carbonyl (C=O) groups excluding carboxylic acids is 1. The Kier molecular flexibility index (Phi) is 5.35. The summed E-state index contributed by atoms with van der Waals surface area (Å²) >= 11 is 0. The van der Waals surface area contributed by atoms with Crippen LogP contribution in [-0.2, 0) is 19.4 Å². The minimum absolute atomic E-state index is 0.177. The predicted octanol–water partition coefficient (Wildman–Crippen LogP) is -0.647. The zero-order chi connectivity index (χ0) is 15.4. The third kappa shape index (κ3) is 4.97. The summed E-state index contributed by atoms with van der Waals surface area (Å²) in [5, 5.41) is 14.1. The number of carbonyl (C=O) groups is 2. The molecule has 1 rings (SSSR count). The van der Waals surface area contributed by atoms with Crippen molar-refractivity contribution in [3.8, 4) is 0 Å². The second-order valence-corrected chi connectivity index (χ2v) is 7.28. The summed E-state index contributed by atoms with van der Waals surface area (Å²) in [6, 6.07) is -1.29. The number of hydrogen-bond acceptors (Lipinski definition) is 5. The van der Waals surface area contributed by atoms with Crippen molar-refractivity contribution in [2.45, 2.75) is 31.3 Å². The Morgan fingerprint density at radius 1 is 1.35 bits per heavy atom. The van der Waals surface area contributed by atoms with Crippen molar-refractivity contribution in [1.29, 1.82) is 0 Å². The molecule has 1 aliphatic rings. The maximum Gasteiger partial charge on any atom is 0.329 e. The summed E-state index contributed by atoms with van der Waals surface area (Å²) in [6.45, 7) is 2.05. The Morgan fingerprint density at radius 3 is 2.35 bits per heavy atom. The fraction of sp³-hybridized carbons (Fsp3) is 0.818. The maximum absolute atomic E-state index is 11.8. The Hall–Kier alpha value is -1.35. The summed E-state index contributed by atoms with van der Waals surface area (Å²) in [5.74, 6) is -1.32. The van der Waals surface area contributed by atoms with Crippen LogP contribution in [0.2, 0.25) is 0 Å². The minimum atomic E-state index is -3.21. The molecule has 1 atom stereocenters. The molecule has 1 fully saturated rings. The van der Waals surface area contributed by atoms with Crippen LogP contribution in [-0.4, -0.2) is 62.3 Å². The van der Waals surface area contributed by atoms with Crippen LogP contribution >= 0.6 is 0 Å². The zero-order valence-corrected chi connectivity index (χ0v) is 12.3. The molecule has 0 aromatic rings. The number of hydrogen-bond donors (Lipinski definition) is 3. The second-order valence-electron chi connectivity index (χ2n) is 5.09. The van der Waals surface area contributed by atoms with Crippen LogP contribution in [0.4, 0.5) is 4.79 Å². The van der Waals surface area contributed by atoms with Crippen LogP contribution < -0.4 is 10.6 Å². The number of urea groups is 1. The van der Waals surface area contributed by atoms with Gasteiger partial charge in [0.1, 0.15) is 15.4 Å². The number of nitrogens with one attached hydrogen (secondary N) is 2. The van der Waals surface area contributed by atoms with E-state index >= 15 is 0 Å². The smallest absolute Gasteiger partial charge is 0.329 e. The molecule has 1 unspecified atom stereocenters. The van der Waals surface area contributed by atoms with Gasteiger partial charge in [0, 0.05) is 38.4 Å². The van der Waals surface area contributed by atoms with Crippen LogP contribution in [0, 0.1) is 0 Å². The highest BCUT2D eigenvalue weighted by Crippen LogP contribution is 2.20. The third-order valence-corrected chi connectivity index (χ3v) is 4.14. The van der Waals surface area contributed by atoms with Gasteiger partial charge in [-0.25, -0.2) is 18.0 Å². The summed E-state index contributed by atoms with van der Waals surface area (Å²) < 4.78 is 27.3. The lowest BCUT2D eigenvalue weighted by Gasteiger charge is -2.34. The SMILES string of the molecule is CC(CS(C)(=O)=O)NC(=O)NC1(C(=O)O)CCOCC1. The van der Waals surface area contributed by atoms with Crippen molar-refractivity contribution >= 4 is 21.8 Å². The summed E-state index contributed by atoms with van der Waals surface area (Å²) in [6.07, 6.45) is 1.42. The minimum Gasteiger partial charge on any atom is -0.480 e. The fourth-order valence-electron chi connectivity index (χ4n) is 2.09. The van der Waals surface area contributed by atoms with E-state index in [0.29, 0.717) is 0 Å². The first-order valence-corrected chi connectivity index (χ1v) is 8.28. The first kappa shape index (κ1) is 16.7. The molecule has 0 aromatic heterocycles. The molecular weight excluding hydrogens is 288 g/mol. The first-order valence-electron chi connectivity index (χ1n) is 6.22. The van der Waals surface area contributed by atoms with Gasteiger partial charge in [0.05, 0.1) is 5.75 Å². The molecule has 0 aliphatic carbocycles. The van der Waals surface area contributed by atoms with Gasteiger partial charge in [-0.05, 0) is 6.92 Å². The Balaban J connectivity index is 2.61. The molecule has 0 spiro atoms. The van der Waals surface area contributed by atoms with Crippen LogP contribution in [0.25, 0.3) is 0 Å². The highest BCUT2D eigenvalue weighted by atomic mass is 32.2. The molecule has 116 valence electrons. The predicted molar refractivity (Wildman–Crippen MR) is 71.3 cm³/mol. The van der Waals surface area contributed by atoms with Crippen molar-refractivity contribution in [2.24, 2.45) is 0 Å². The molecule has 0 saturated carbocycles. The number of aliphatic carboxylic acids is 1. The van der Waals surface area contributed by atoms with E-state index in [1.165, 1.54) is 6.92 Å². The highest BCUT2D eigenvalue weighted by molar-refractivity contribution is 7.90. The number of sulfone groups is 1. The summed E-state index contributed by atoms with van der Waals surface area (Å²) in [4.78, 5) is 23.1. The molecular formula is C11H20N2O6S. The quantitative estimate of drug-likeness (QED) is 0.620. The van der Waals surface area contributed by atoms with E-state index < -0.39 is 33.4 Å². The first-order chi connectivity index (χ1) is 9.15. The van der Waals surface area contributed by atoms with Gasteiger partial charge in [0.2, 0.25) is 0 Å². The van der Waals surface area contributed by atoms with Gasteiger partial charge in [0.15, 0.2) is 0 Å². The van der Waals surface area contributed by atoms with E-state index in [-0.39, 0.29) is 31.8 Å². The van der Waals surface area contributed by atoms with Crippen molar-refractivity contribution in [1.82, 2.24) is 10.6 Å². The zero-order valence-electron chi connectivity index (χ0n) is 11.5. The molecule has 0 radical (unpaired) electrons. The van der Waals surface area contributed by atoms with Gasteiger partial charge >= 0.3 is 12.0 Å². The average Bonchev–Trinajstić information content (AvgIpc) is 2.26. The third-order valence-electron chi connectivity index (χ3n) is 3.04. The molecule has 1 heterocycles. The Labute approximate surface area is 117 Å². The van der Waals surface area contributed by atoms with Crippen LogP contribution in [0.3, 0.4) is 0 Å². The van der Waals surface area contributed by atoms with Crippen molar-refractivity contribution in [3.05, 3.63) is 0 Å². The lowest BCUT2D eigenvalue weighted by molar-refractivity contribution is -0.148. The van der Waals surface area contributed by atoms with Gasteiger partial charge in [-0.3, -0.25) is 0 Å². The van der Waals surface area contributed by atoms with Crippen molar-refractivity contribution < 1.29 is 27.9 Å². The van der Waals surface area contributed by atoms with Crippen molar-refractivity contribution in [2.75, 3.05) is 25.2 Å². The normalized spacial score (nSPS) is 19.9. The Bertz CT molecular complexity index is 469. The summed E-state index contributed by atoms with van der Waals surface area (Å²) in [7, 11) is -3.21. The molecule has 0 bridgehead atoms. The molecule has 3 N–H and O–H groups in total. The van der Waals surface area contributed by atoms with E-state index in [1.807, 2.05) is 0 Å².